The smallest absolute Gasteiger partial charge is 0.00218 e. The van der Waals surface area contributed by atoms with Gasteiger partial charge in [0, 0.05) is 6.54 Å². The molecule has 1 aliphatic heterocycles. The van der Waals surface area contributed by atoms with E-state index in [1.807, 2.05) is 0 Å². The zero-order valence-electron chi connectivity index (χ0n) is 11.6. The predicted molar refractivity (Wildman–Crippen MR) is 77.9 cm³/mol. The first-order valence-electron chi connectivity index (χ1n) is 7.31. The van der Waals surface area contributed by atoms with Gasteiger partial charge in [-0.05, 0) is 62.4 Å². The number of nitrogens with zero attached hydrogens (tertiary/aromatic N) is 1. The van der Waals surface area contributed by atoms with E-state index in [-0.39, 0.29) is 0 Å². The van der Waals surface area contributed by atoms with E-state index in [4.69, 9.17) is 5.73 Å². The molecule has 1 fully saturated rings. The van der Waals surface area contributed by atoms with Gasteiger partial charge in [0.15, 0.2) is 0 Å². The van der Waals surface area contributed by atoms with E-state index in [0.29, 0.717) is 5.92 Å². The lowest BCUT2D eigenvalue weighted by molar-refractivity contribution is 0.343. The largest absolute Gasteiger partial charge is 0.330 e. The highest BCUT2D eigenvalue weighted by atomic mass is 15.1. The standard InChI is InChI=1S/C16H26N2/c1-14(8-10-17)16-6-4-15(5-7-16)9-13-18-11-2-3-12-18/h4-7,14H,2-3,8-13,17H2,1H3. The Bertz CT molecular complexity index is 339. The molecule has 0 aromatic heterocycles. The Hall–Kier alpha value is -0.860. The van der Waals surface area contributed by atoms with Gasteiger partial charge >= 0.3 is 0 Å². The van der Waals surface area contributed by atoms with Crippen molar-refractivity contribution in [2.45, 2.75) is 38.5 Å². The lowest BCUT2D eigenvalue weighted by atomic mass is 9.96. The van der Waals surface area contributed by atoms with Gasteiger partial charge in [0.25, 0.3) is 0 Å². The first-order chi connectivity index (χ1) is 8.79. The molecule has 0 aliphatic carbocycles. The SMILES string of the molecule is CC(CCN)c1ccc(CCN2CCCC2)cc1. The minimum Gasteiger partial charge on any atom is -0.330 e. The third-order valence-electron chi connectivity index (χ3n) is 4.06. The van der Waals surface area contributed by atoms with Crippen molar-refractivity contribution in [3.63, 3.8) is 0 Å². The molecule has 100 valence electrons. The molecule has 0 radical (unpaired) electrons. The van der Waals surface area contributed by atoms with Crippen molar-refractivity contribution < 1.29 is 0 Å². The third-order valence-corrected chi connectivity index (χ3v) is 4.06. The second-order valence-corrected chi connectivity index (χ2v) is 5.52. The summed E-state index contributed by atoms with van der Waals surface area (Å²) in [6, 6.07) is 9.14. The molecule has 1 heterocycles. The highest BCUT2D eigenvalue weighted by molar-refractivity contribution is 5.25. The molecule has 2 N–H and O–H groups in total. The Morgan fingerprint density at radius 1 is 1.17 bits per heavy atom. The van der Waals surface area contributed by atoms with E-state index in [9.17, 15) is 0 Å². The molecular formula is C16H26N2. The number of hydrogen-bond donors (Lipinski definition) is 1. The molecule has 1 aromatic rings. The summed E-state index contributed by atoms with van der Waals surface area (Å²) in [5.74, 6) is 0.586. The summed E-state index contributed by atoms with van der Waals surface area (Å²) >= 11 is 0. The summed E-state index contributed by atoms with van der Waals surface area (Å²) in [7, 11) is 0. The van der Waals surface area contributed by atoms with Gasteiger partial charge in [0.1, 0.15) is 0 Å². The van der Waals surface area contributed by atoms with E-state index < -0.39 is 0 Å². The van der Waals surface area contributed by atoms with Crippen molar-refractivity contribution in [3.8, 4) is 0 Å². The lowest BCUT2D eigenvalue weighted by Crippen LogP contribution is -2.21. The van der Waals surface area contributed by atoms with Crippen LogP contribution in [0.5, 0.6) is 0 Å². The molecule has 0 amide bonds. The Labute approximate surface area is 111 Å². The van der Waals surface area contributed by atoms with Crippen molar-refractivity contribution in [2.24, 2.45) is 5.73 Å². The van der Waals surface area contributed by atoms with E-state index in [1.54, 1.807) is 0 Å². The van der Waals surface area contributed by atoms with Crippen LogP contribution >= 0.6 is 0 Å². The molecule has 0 saturated carbocycles. The Kier molecular flexibility index (Phi) is 5.21. The molecule has 0 bridgehead atoms. The summed E-state index contributed by atoms with van der Waals surface area (Å²) in [5, 5.41) is 0. The minimum atomic E-state index is 0.586. The van der Waals surface area contributed by atoms with Gasteiger partial charge in [0.05, 0.1) is 0 Å². The summed E-state index contributed by atoms with van der Waals surface area (Å²) in [6.07, 6.45) is 5.03. The molecule has 2 heteroatoms. The van der Waals surface area contributed by atoms with Crippen molar-refractivity contribution in [2.75, 3.05) is 26.2 Å². The van der Waals surface area contributed by atoms with Gasteiger partial charge in [-0.15, -0.1) is 0 Å². The molecular weight excluding hydrogens is 220 g/mol. The molecule has 1 aliphatic rings. The maximum Gasteiger partial charge on any atom is 0.00218 e. The van der Waals surface area contributed by atoms with E-state index in [0.717, 1.165) is 13.0 Å². The zero-order valence-corrected chi connectivity index (χ0v) is 11.6. The molecule has 1 aromatic carbocycles. The van der Waals surface area contributed by atoms with E-state index >= 15 is 0 Å². The molecule has 1 atom stereocenters. The van der Waals surface area contributed by atoms with E-state index in [2.05, 4.69) is 36.1 Å². The van der Waals surface area contributed by atoms with Crippen LogP contribution in [0.4, 0.5) is 0 Å². The zero-order chi connectivity index (χ0) is 12.8. The molecule has 1 unspecified atom stereocenters. The fourth-order valence-corrected chi connectivity index (χ4v) is 2.72. The number of likely N-dealkylation sites (tertiary alicyclic amines) is 1. The lowest BCUT2D eigenvalue weighted by Gasteiger charge is -2.15. The number of nitrogens with two attached hydrogens (primary N) is 1. The average molecular weight is 246 g/mol. The molecule has 2 rings (SSSR count). The van der Waals surface area contributed by atoms with Gasteiger partial charge in [0.2, 0.25) is 0 Å². The van der Waals surface area contributed by atoms with Crippen LogP contribution in [-0.4, -0.2) is 31.1 Å². The predicted octanol–water partition coefficient (Wildman–Crippen LogP) is 2.78. The summed E-state index contributed by atoms with van der Waals surface area (Å²) in [5.41, 5.74) is 8.49. The van der Waals surface area contributed by atoms with Crippen LogP contribution in [0.25, 0.3) is 0 Å². The quantitative estimate of drug-likeness (QED) is 0.836. The topological polar surface area (TPSA) is 29.3 Å². The average Bonchev–Trinajstić information content (AvgIpc) is 2.90. The number of rotatable bonds is 6. The fraction of sp³-hybridized carbons (Fsp3) is 0.625. The minimum absolute atomic E-state index is 0.586. The summed E-state index contributed by atoms with van der Waals surface area (Å²) in [4.78, 5) is 2.57. The van der Waals surface area contributed by atoms with Gasteiger partial charge in [-0.2, -0.15) is 0 Å². The molecule has 2 nitrogen and oxygen atoms in total. The van der Waals surface area contributed by atoms with Crippen molar-refractivity contribution >= 4 is 0 Å². The molecule has 0 spiro atoms. The summed E-state index contributed by atoms with van der Waals surface area (Å²) in [6.45, 7) is 6.85. The van der Waals surface area contributed by atoms with Crippen LogP contribution in [0.15, 0.2) is 24.3 Å². The third kappa shape index (κ3) is 3.82. The first kappa shape index (κ1) is 13.6. The summed E-state index contributed by atoms with van der Waals surface area (Å²) < 4.78 is 0. The molecule has 1 saturated heterocycles. The van der Waals surface area contributed by atoms with Crippen LogP contribution in [-0.2, 0) is 6.42 Å². The number of hydrogen-bond acceptors (Lipinski definition) is 2. The first-order valence-corrected chi connectivity index (χ1v) is 7.31. The monoisotopic (exact) mass is 246 g/mol. The van der Waals surface area contributed by atoms with Gasteiger partial charge in [-0.1, -0.05) is 31.2 Å². The van der Waals surface area contributed by atoms with Gasteiger partial charge < -0.3 is 10.6 Å². The number of benzene rings is 1. The Balaban J connectivity index is 1.83. The second kappa shape index (κ2) is 6.91. The second-order valence-electron chi connectivity index (χ2n) is 5.52. The molecule has 18 heavy (non-hydrogen) atoms. The Morgan fingerprint density at radius 3 is 2.44 bits per heavy atom. The van der Waals surface area contributed by atoms with Crippen molar-refractivity contribution in [1.82, 2.24) is 4.90 Å². The van der Waals surface area contributed by atoms with Gasteiger partial charge in [-0.25, -0.2) is 0 Å². The fourth-order valence-electron chi connectivity index (χ4n) is 2.72. The van der Waals surface area contributed by atoms with Crippen LogP contribution < -0.4 is 5.73 Å². The van der Waals surface area contributed by atoms with Crippen LogP contribution in [0.1, 0.15) is 43.2 Å². The highest BCUT2D eigenvalue weighted by Crippen LogP contribution is 2.19. The maximum absolute atomic E-state index is 5.61. The van der Waals surface area contributed by atoms with Crippen molar-refractivity contribution in [3.05, 3.63) is 35.4 Å². The Morgan fingerprint density at radius 2 is 1.83 bits per heavy atom. The van der Waals surface area contributed by atoms with Crippen LogP contribution in [0, 0.1) is 0 Å². The van der Waals surface area contributed by atoms with Crippen LogP contribution in [0.2, 0.25) is 0 Å². The van der Waals surface area contributed by atoms with Crippen molar-refractivity contribution in [1.29, 1.82) is 0 Å². The van der Waals surface area contributed by atoms with Gasteiger partial charge in [-0.3, -0.25) is 0 Å². The maximum atomic E-state index is 5.61. The highest BCUT2D eigenvalue weighted by Gasteiger charge is 2.11. The van der Waals surface area contributed by atoms with E-state index in [1.165, 1.54) is 50.0 Å². The van der Waals surface area contributed by atoms with Crippen LogP contribution in [0.3, 0.4) is 0 Å². The normalized spacial score (nSPS) is 18.1.